The van der Waals surface area contributed by atoms with Crippen LogP contribution in [0.25, 0.3) is 0 Å². The molecule has 3 heterocycles. The fraction of sp³-hybridized carbons (Fsp3) is 0.400. The second-order valence-electron chi connectivity index (χ2n) is 9.34. The van der Waals surface area contributed by atoms with Crippen molar-refractivity contribution in [1.29, 1.82) is 0 Å². The molecule has 1 unspecified atom stereocenters. The Labute approximate surface area is 203 Å². The van der Waals surface area contributed by atoms with E-state index in [0.717, 1.165) is 30.8 Å². The maximum Gasteiger partial charge on any atom is 0.322 e. The van der Waals surface area contributed by atoms with Gasteiger partial charge < -0.3 is 20.4 Å². The van der Waals surface area contributed by atoms with Crippen molar-refractivity contribution < 1.29 is 14.4 Å². The highest BCUT2D eigenvalue weighted by Crippen LogP contribution is 2.33. The monoisotopic (exact) mass is 481 g/mol. The summed E-state index contributed by atoms with van der Waals surface area (Å²) in [6.07, 6.45) is 1.05. The van der Waals surface area contributed by atoms with Gasteiger partial charge in [-0.15, -0.1) is 0 Å². The minimum Gasteiger partial charge on any atom is -0.366 e. The summed E-state index contributed by atoms with van der Waals surface area (Å²) in [5.74, 6) is -0.670. The zero-order chi connectivity index (χ0) is 24.0. The molecule has 4 amide bonds. The van der Waals surface area contributed by atoms with Crippen LogP contribution >= 0.6 is 11.6 Å². The Bertz CT molecular complexity index is 1150. The summed E-state index contributed by atoms with van der Waals surface area (Å²) in [7, 11) is 0. The SMILES string of the molecule is CC[C@H]1CN(c2ccc([C@]3(CN4Cc5ccc(Cl)cc5C4=O)NC(=O)NC3=O)cc2)C(C)CN1. The lowest BCUT2D eigenvalue weighted by Crippen LogP contribution is -2.55. The van der Waals surface area contributed by atoms with Gasteiger partial charge in [0.05, 0.1) is 6.54 Å². The zero-order valence-electron chi connectivity index (χ0n) is 19.2. The minimum absolute atomic E-state index is 0.0248. The number of hydrogen-bond acceptors (Lipinski definition) is 5. The Hall–Kier alpha value is -3.10. The van der Waals surface area contributed by atoms with Crippen LogP contribution < -0.4 is 20.9 Å². The van der Waals surface area contributed by atoms with Crippen molar-refractivity contribution in [3.63, 3.8) is 0 Å². The van der Waals surface area contributed by atoms with Gasteiger partial charge in [-0.2, -0.15) is 0 Å². The normalized spacial score (nSPS) is 26.5. The van der Waals surface area contributed by atoms with Gasteiger partial charge in [-0.3, -0.25) is 14.9 Å². The van der Waals surface area contributed by atoms with Crippen LogP contribution in [0, 0.1) is 0 Å². The summed E-state index contributed by atoms with van der Waals surface area (Å²) in [6, 6.07) is 13.1. The number of halogens is 1. The summed E-state index contributed by atoms with van der Waals surface area (Å²) in [5.41, 5.74) is 1.72. The minimum atomic E-state index is -1.36. The van der Waals surface area contributed by atoms with Crippen molar-refractivity contribution in [2.45, 2.75) is 44.4 Å². The molecular formula is C25H28ClN5O3. The predicted octanol–water partition coefficient (Wildman–Crippen LogP) is 2.61. The van der Waals surface area contributed by atoms with E-state index in [1.54, 1.807) is 17.0 Å². The molecule has 178 valence electrons. The number of hydrogen-bond donors (Lipinski definition) is 3. The first-order valence-electron chi connectivity index (χ1n) is 11.6. The van der Waals surface area contributed by atoms with Crippen LogP contribution in [0.3, 0.4) is 0 Å². The van der Waals surface area contributed by atoms with Crippen LogP contribution in [0.1, 0.15) is 41.8 Å². The summed E-state index contributed by atoms with van der Waals surface area (Å²) in [6.45, 7) is 6.54. The first-order chi connectivity index (χ1) is 16.3. The van der Waals surface area contributed by atoms with Gasteiger partial charge >= 0.3 is 6.03 Å². The first-order valence-corrected chi connectivity index (χ1v) is 12.0. The molecule has 0 radical (unpaired) electrons. The Morgan fingerprint density at radius 2 is 1.88 bits per heavy atom. The van der Waals surface area contributed by atoms with Crippen molar-refractivity contribution in [2.24, 2.45) is 0 Å². The van der Waals surface area contributed by atoms with Gasteiger partial charge in [0, 0.05) is 48.0 Å². The summed E-state index contributed by atoms with van der Waals surface area (Å²) in [5, 5.41) is 9.20. The molecule has 2 saturated heterocycles. The third-order valence-electron chi connectivity index (χ3n) is 7.16. The van der Waals surface area contributed by atoms with Crippen molar-refractivity contribution in [3.8, 4) is 0 Å². The van der Waals surface area contributed by atoms with Crippen LogP contribution in [0.15, 0.2) is 42.5 Å². The molecule has 9 heteroatoms. The quantitative estimate of drug-likeness (QED) is 0.571. The third kappa shape index (κ3) is 3.80. The Kier molecular flexibility index (Phi) is 5.73. The molecule has 5 rings (SSSR count). The van der Waals surface area contributed by atoms with Gasteiger partial charge in [0.25, 0.3) is 11.8 Å². The summed E-state index contributed by atoms with van der Waals surface area (Å²) >= 11 is 6.08. The predicted molar refractivity (Wildman–Crippen MR) is 130 cm³/mol. The highest BCUT2D eigenvalue weighted by molar-refractivity contribution is 6.31. The number of amides is 4. The van der Waals surface area contributed by atoms with Crippen LogP contribution in [-0.2, 0) is 16.9 Å². The van der Waals surface area contributed by atoms with Crippen LogP contribution in [0.5, 0.6) is 0 Å². The highest BCUT2D eigenvalue weighted by atomic mass is 35.5. The molecule has 0 aliphatic carbocycles. The number of anilines is 1. The van der Waals surface area contributed by atoms with Gasteiger partial charge in [0.15, 0.2) is 5.54 Å². The van der Waals surface area contributed by atoms with Gasteiger partial charge in [-0.1, -0.05) is 36.7 Å². The summed E-state index contributed by atoms with van der Waals surface area (Å²) < 4.78 is 0. The molecular weight excluding hydrogens is 454 g/mol. The molecule has 0 bridgehead atoms. The first kappa shape index (κ1) is 22.7. The van der Waals surface area contributed by atoms with E-state index in [-0.39, 0.29) is 12.5 Å². The van der Waals surface area contributed by atoms with E-state index >= 15 is 0 Å². The zero-order valence-corrected chi connectivity index (χ0v) is 20.0. The summed E-state index contributed by atoms with van der Waals surface area (Å²) in [4.78, 5) is 42.3. The van der Waals surface area contributed by atoms with E-state index in [0.29, 0.717) is 34.8 Å². The number of benzene rings is 2. The number of imide groups is 1. The van der Waals surface area contributed by atoms with Crippen LogP contribution in [0.4, 0.5) is 10.5 Å². The van der Waals surface area contributed by atoms with Gasteiger partial charge in [0.2, 0.25) is 0 Å². The number of nitrogens with one attached hydrogen (secondary N) is 3. The van der Waals surface area contributed by atoms with E-state index in [9.17, 15) is 14.4 Å². The molecule has 2 aromatic carbocycles. The second-order valence-corrected chi connectivity index (χ2v) is 9.77. The number of piperazine rings is 1. The average molecular weight is 482 g/mol. The molecule has 3 N–H and O–H groups in total. The molecule has 8 nitrogen and oxygen atoms in total. The van der Waals surface area contributed by atoms with E-state index in [1.807, 2.05) is 30.3 Å². The lowest BCUT2D eigenvalue weighted by atomic mass is 9.88. The van der Waals surface area contributed by atoms with Gasteiger partial charge in [-0.25, -0.2) is 4.79 Å². The van der Waals surface area contributed by atoms with E-state index in [1.165, 1.54) is 0 Å². The molecule has 3 aliphatic heterocycles. The van der Waals surface area contributed by atoms with Crippen LogP contribution in [-0.4, -0.2) is 54.5 Å². The molecule has 0 aromatic heterocycles. The second kappa shape index (κ2) is 8.60. The van der Waals surface area contributed by atoms with Crippen LogP contribution in [0.2, 0.25) is 5.02 Å². The van der Waals surface area contributed by atoms with E-state index < -0.39 is 17.5 Å². The molecule has 2 aromatic rings. The Morgan fingerprint density at radius 3 is 2.56 bits per heavy atom. The Balaban J connectivity index is 1.44. The topological polar surface area (TPSA) is 93.8 Å². The number of fused-ring (bicyclic) bond motifs is 1. The molecule has 3 atom stereocenters. The maximum atomic E-state index is 13.1. The van der Waals surface area contributed by atoms with Crippen molar-refractivity contribution in [2.75, 3.05) is 24.5 Å². The van der Waals surface area contributed by atoms with Gasteiger partial charge in [-0.05, 0) is 48.7 Å². The fourth-order valence-corrected chi connectivity index (χ4v) is 5.32. The van der Waals surface area contributed by atoms with Gasteiger partial charge in [0.1, 0.15) is 0 Å². The highest BCUT2D eigenvalue weighted by Gasteiger charge is 2.50. The smallest absolute Gasteiger partial charge is 0.322 e. The molecule has 2 fully saturated rings. The van der Waals surface area contributed by atoms with Crippen molar-refractivity contribution >= 4 is 35.1 Å². The molecule has 0 spiro atoms. The molecule has 0 saturated carbocycles. The molecule has 3 aliphatic rings. The number of rotatable bonds is 5. The van der Waals surface area contributed by atoms with E-state index in [4.69, 9.17) is 11.6 Å². The Morgan fingerprint density at radius 1 is 1.12 bits per heavy atom. The standard InChI is InChI=1S/C25H28ClN5O3/c1-3-19-13-31(15(2)11-27-19)20-8-5-17(6-9-20)25(23(33)28-24(34)29-25)14-30-12-16-4-7-18(26)10-21(16)22(30)32/h4-10,15,19,27H,3,11-14H2,1-2H3,(H2,28,29,33,34)/t15?,19-,25-/m0/s1. The molecule has 34 heavy (non-hydrogen) atoms. The number of nitrogens with zero attached hydrogens (tertiary/aromatic N) is 2. The average Bonchev–Trinajstić information content (AvgIpc) is 3.29. The lowest BCUT2D eigenvalue weighted by molar-refractivity contribution is -0.124. The number of urea groups is 1. The third-order valence-corrected chi connectivity index (χ3v) is 7.39. The fourth-order valence-electron chi connectivity index (χ4n) is 5.15. The number of carbonyl (C=O) groups is 3. The largest absolute Gasteiger partial charge is 0.366 e. The van der Waals surface area contributed by atoms with Crippen molar-refractivity contribution in [3.05, 3.63) is 64.2 Å². The van der Waals surface area contributed by atoms with E-state index in [2.05, 4.69) is 34.7 Å². The number of carbonyl (C=O) groups excluding carboxylic acids is 3. The van der Waals surface area contributed by atoms with Crippen molar-refractivity contribution in [1.82, 2.24) is 20.9 Å². The lowest BCUT2D eigenvalue weighted by Gasteiger charge is -2.40. The maximum absolute atomic E-state index is 13.1.